The molecule has 7 heteroatoms. The molecule has 1 rings (SSSR count). The summed E-state index contributed by atoms with van der Waals surface area (Å²) in [6.45, 7) is 6.25. The Balaban J connectivity index is 2.70. The third-order valence-corrected chi connectivity index (χ3v) is 2.89. The summed E-state index contributed by atoms with van der Waals surface area (Å²) >= 11 is 1.53. The summed E-state index contributed by atoms with van der Waals surface area (Å²) in [5.41, 5.74) is 0. The molecule has 0 aromatic carbocycles. The first-order valence-electron chi connectivity index (χ1n) is 6.54. The van der Waals surface area contributed by atoms with Crippen molar-refractivity contribution in [3.63, 3.8) is 0 Å². The molecule has 0 fully saturated rings. The summed E-state index contributed by atoms with van der Waals surface area (Å²) in [6.07, 6.45) is 1.94. The van der Waals surface area contributed by atoms with Gasteiger partial charge in [0, 0.05) is 19.4 Å². The first-order chi connectivity index (χ1) is 9.30. The van der Waals surface area contributed by atoms with Crippen molar-refractivity contribution in [2.45, 2.75) is 31.8 Å². The van der Waals surface area contributed by atoms with Gasteiger partial charge in [-0.3, -0.25) is 0 Å². The lowest BCUT2D eigenvalue weighted by Gasteiger charge is -2.08. The number of rotatable bonds is 10. The molecule has 108 valence electrons. The van der Waals surface area contributed by atoms with E-state index in [1.165, 1.54) is 11.8 Å². The summed E-state index contributed by atoms with van der Waals surface area (Å²) in [7, 11) is 1.68. The Morgan fingerprint density at radius 3 is 2.63 bits per heavy atom. The number of ether oxygens (including phenoxy) is 2. The molecular formula is C12H22N4O2S. The highest BCUT2D eigenvalue weighted by atomic mass is 32.2. The molecule has 0 aliphatic carbocycles. The molecule has 6 nitrogen and oxygen atoms in total. The number of nitrogens with one attached hydrogen (secondary N) is 1. The molecule has 1 aromatic heterocycles. The fraction of sp³-hybridized carbons (Fsp3) is 0.750. The molecule has 0 aliphatic rings. The van der Waals surface area contributed by atoms with E-state index in [4.69, 9.17) is 9.47 Å². The molecule has 0 radical (unpaired) electrons. The monoisotopic (exact) mass is 286 g/mol. The van der Waals surface area contributed by atoms with Gasteiger partial charge in [0.1, 0.15) is 0 Å². The van der Waals surface area contributed by atoms with Crippen molar-refractivity contribution >= 4 is 17.7 Å². The number of methoxy groups -OCH3 is 1. The lowest BCUT2D eigenvalue weighted by Crippen LogP contribution is -2.09. The first-order valence-corrected chi connectivity index (χ1v) is 7.53. The Morgan fingerprint density at radius 2 is 1.95 bits per heavy atom. The van der Waals surface area contributed by atoms with E-state index in [-0.39, 0.29) is 0 Å². The maximum absolute atomic E-state index is 5.48. The smallest absolute Gasteiger partial charge is 0.322 e. The molecule has 1 aromatic rings. The van der Waals surface area contributed by atoms with Gasteiger partial charge >= 0.3 is 6.01 Å². The topological polar surface area (TPSA) is 69.2 Å². The molecule has 0 unspecified atom stereocenters. The Bertz CT molecular complexity index is 339. The van der Waals surface area contributed by atoms with E-state index in [0.717, 1.165) is 25.1 Å². The minimum atomic E-state index is 0.385. The molecule has 0 spiro atoms. The van der Waals surface area contributed by atoms with Crippen LogP contribution in [0.3, 0.4) is 0 Å². The number of aromatic nitrogens is 3. The maximum Gasteiger partial charge on any atom is 0.322 e. The van der Waals surface area contributed by atoms with Crippen molar-refractivity contribution in [3.8, 4) is 6.01 Å². The molecule has 0 aliphatic heterocycles. The molecule has 1 heterocycles. The van der Waals surface area contributed by atoms with Crippen LogP contribution in [0.1, 0.15) is 26.7 Å². The number of hydrogen-bond acceptors (Lipinski definition) is 7. The second-order valence-corrected chi connectivity index (χ2v) is 4.90. The van der Waals surface area contributed by atoms with Gasteiger partial charge in [-0.15, -0.1) is 0 Å². The fourth-order valence-corrected chi connectivity index (χ4v) is 1.92. The van der Waals surface area contributed by atoms with Crippen LogP contribution in [0.4, 0.5) is 5.95 Å². The molecule has 1 N–H and O–H groups in total. The van der Waals surface area contributed by atoms with Crippen LogP contribution in [0.25, 0.3) is 0 Å². The molecule has 0 amide bonds. The molecular weight excluding hydrogens is 264 g/mol. The van der Waals surface area contributed by atoms with Gasteiger partial charge in [-0.2, -0.15) is 15.0 Å². The first kappa shape index (κ1) is 16.0. The van der Waals surface area contributed by atoms with E-state index >= 15 is 0 Å². The van der Waals surface area contributed by atoms with Crippen LogP contribution in [0.2, 0.25) is 0 Å². The van der Waals surface area contributed by atoms with Gasteiger partial charge in [0.25, 0.3) is 0 Å². The van der Waals surface area contributed by atoms with Crippen molar-refractivity contribution in [2.75, 3.05) is 37.9 Å². The zero-order valence-electron chi connectivity index (χ0n) is 11.8. The van der Waals surface area contributed by atoms with Crippen molar-refractivity contribution in [3.05, 3.63) is 0 Å². The van der Waals surface area contributed by atoms with Crippen LogP contribution in [0.5, 0.6) is 6.01 Å². The predicted molar refractivity (Wildman–Crippen MR) is 77.0 cm³/mol. The highest BCUT2D eigenvalue weighted by Gasteiger charge is 2.07. The van der Waals surface area contributed by atoms with Gasteiger partial charge in [-0.05, 0) is 12.8 Å². The van der Waals surface area contributed by atoms with Gasteiger partial charge in [0.05, 0.1) is 13.2 Å². The van der Waals surface area contributed by atoms with Gasteiger partial charge < -0.3 is 14.8 Å². The second-order valence-electron chi connectivity index (χ2n) is 3.84. The van der Waals surface area contributed by atoms with Crippen LogP contribution in [-0.2, 0) is 4.74 Å². The molecule has 19 heavy (non-hydrogen) atoms. The van der Waals surface area contributed by atoms with Crippen molar-refractivity contribution in [1.29, 1.82) is 0 Å². The Labute approximate surface area is 118 Å². The van der Waals surface area contributed by atoms with E-state index in [1.54, 1.807) is 7.11 Å². The SMILES string of the molecule is CCCNc1nc(OCCC)nc(SCCOC)n1. The number of hydrogen-bond donors (Lipinski definition) is 1. The number of nitrogens with zero attached hydrogens (tertiary/aromatic N) is 3. The molecule has 0 saturated heterocycles. The van der Waals surface area contributed by atoms with E-state index in [0.29, 0.717) is 30.3 Å². The van der Waals surface area contributed by atoms with E-state index in [2.05, 4.69) is 27.2 Å². The minimum Gasteiger partial charge on any atom is -0.463 e. The summed E-state index contributed by atoms with van der Waals surface area (Å²) in [4.78, 5) is 12.9. The van der Waals surface area contributed by atoms with Crippen molar-refractivity contribution in [1.82, 2.24) is 15.0 Å². The molecule has 0 saturated carbocycles. The predicted octanol–water partition coefficient (Wildman–Crippen LogP) is 2.22. The van der Waals surface area contributed by atoms with Gasteiger partial charge in [-0.1, -0.05) is 25.6 Å². The second kappa shape index (κ2) is 9.80. The average Bonchev–Trinajstić information content (AvgIpc) is 2.43. The molecule has 0 bridgehead atoms. The largest absolute Gasteiger partial charge is 0.463 e. The van der Waals surface area contributed by atoms with E-state index in [1.807, 2.05) is 6.92 Å². The van der Waals surface area contributed by atoms with Crippen LogP contribution in [-0.4, -0.2) is 47.6 Å². The minimum absolute atomic E-state index is 0.385. The Kier molecular flexibility index (Phi) is 8.24. The summed E-state index contributed by atoms with van der Waals surface area (Å²) in [5.74, 6) is 1.38. The number of anilines is 1. The van der Waals surface area contributed by atoms with E-state index < -0.39 is 0 Å². The summed E-state index contributed by atoms with van der Waals surface area (Å²) in [6, 6.07) is 0.385. The lowest BCUT2D eigenvalue weighted by atomic mass is 10.5. The highest BCUT2D eigenvalue weighted by molar-refractivity contribution is 7.99. The van der Waals surface area contributed by atoms with Crippen LogP contribution < -0.4 is 10.1 Å². The summed E-state index contributed by atoms with van der Waals surface area (Å²) in [5, 5.41) is 3.82. The lowest BCUT2D eigenvalue weighted by molar-refractivity contribution is 0.218. The Morgan fingerprint density at radius 1 is 1.11 bits per heavy atom. The van der Waals surface area contributed by atoms with Crippen LogP contribution in [0.15, 0.2) is 5.16 Å². The third kappa shape index (κ3) is 6.58. The normalized spacial score (nSPS) is 10.5. The van der Waals surface area contributed by atoms with Crippen LogP contribution >= 0.6 is 11.8 Å². The van der Waals surface area contributed by atoms with Gasteiger partial charge in [-0.25, -0.2) is 0 Å². The summed E-state index contributed by atoms with van der Waals surface area (Å²) < 4.78 is 10.5. The van der Waals surface area contributed by atoms with E-state index in [9.17, 15) is 0 Å². The number of thioether (sulfide) groups is 1. The maximum atomic E-state index is 5.48. The average molecular weight is 286 g/mol. The fourth-order valence-electron chi connectivity index (χ4n) is 1.19. The zero-order valence-corrected chi connectivity index (χ0v) is 12.6. The Hall–Kier alpha value is -1.08. The van der Waals surface area contributed by atoms with Crippen molar-refractivity contribution in [2.24, 2.45) is 0 Å². The van der Waals surface area contributed by atoms with Gasteiger partial charge in [0.2, 0.25) is 5.95 Å². The van der Waals surface area contributed by atoms with Crippen LogP contribution in [0, 0.1) is 0 Å². The highest BCUT2D eigenvalue weighted by Crippen LogP contribution is 2.17. The zero-order chi connectivity index (χ0) is 13.9. The quantitative estimate of drug-likeness (QED) is 0.522. The standard InChI is InChI=1S/C12H22N4O2S/c1-4-6-13-10-14-11(18-7-5-2)16-12(15-10)19-9-8-17-3/h4-9H2,1-3H3,(H,13,14,15,16). The van der Waals surface area contributed by atoms with Gasteiger partial charge in [0.15, 0.2) is 5.16 Å². The van der Waals surface area contributed by atoms with Crippen molar-refractivity contribution < 1.29 is 9.47 Å². The third-order valence-electron chi connectivity index (χ3n) is 2.08. The molecule has 0 atom stereocenters.